The van der Waals surface area contributed by atoms with Gasteiger partial charge < -0.3 is 36.2 Å². The van der Waals surface area contributed by atoms with Crippen molar-refractivity contribution in [2.45, 2.75) is 25.9 Å². The molecule has 3 aromatic carbocycles. The second-order valence-corrected chi connectivity index (χ2v) is 10.7. The number of aliphatic hydroxyl groups is 2. The van der Waals surface area contributed by atoms with Crippen LogP contribution in [0.15, 0.2) is 66.7 Å². The lowest BCUT2D eigenvalue weighted by Gasteiger charge is -2.28. The molecule has 5 rings (SSSR count). The number of anilines is 5. The van der Waals surface area contributed by atoms with Gasteiger partial charge in [0.05, 0.1) is 26.4 Å². The molecule has 11 nitrogen and oxygen atoms in total. The van der Waals surface area contributed by atoms with Crippen molar-refractivity contribution in [2.24, 2.45) is 0 Å². The molecule has 4 aromatic rings. The summed E-state index contributed by atoms with van der Waals surface area (Å²) >= 11 is 0. The van der Waals surface area contributed by atoms with Gasteiger partial charge in [-0.15, -0.1) is 0 Å². The predicted octanol–water partition coefficient (Wildman–Crippen LogP) is 3.72. The van der Waals surface area contributed by atoms with Gasteiger partial charge >= 0.3 is 0 Å². The molecular weight excluding hydrogens is 534 g/mol. The van der Waals surface area contributed by atoms with Crippen LogP contribution in [0.25, 0.3) is 11.4 Å². The SMILES string of the molecule is CC(C)(CO)c1ccc(C(=O)Nc2cccc(-c3nc(N)nc(Nc4ccc(N5CCOCC5)cc4)n3)c2CO)cc1. The number of aliphatic hydroxyl groups excluding tert-OH is 2. The number of hydrogen-bond donors (Lipinski definition) is 5. The number of carbonyl (C=O) groups is 1. The monoisotopic (exact) mass is 569 g/mol. The Hall–Kier alpha value is -4.58. The number of benzene rings is 3. The lowest BCUT2D eigenvalue weighted by atomic mass is 9.85. The Labute approximate surface area is 244 Å². The average molecular weight is 570 g/mol. The van der Waals surface area contributed by atoms with Gasteiger partial charge in [0.1, 0.15) is 0 Å². The Kier molecular flexibility index (Phi) is 8.62. The van der Waals surface area contributed by atoms with Gasteiger partial charge in [0.2, 0.25) is 11.9 Å². The molecule has 1 amide bonds. The van der Waals surface area contributed by atoms with Crippen molar-refractivity contribution in [1.29, 1.82) is 0 Å². The first-order valence-corrected chi connectivity index (χ1v) is 13.7. The van der Waals surface area contributed by atoms with E-state index in [-0.39, 0.29) is 36.8 Å². The summed E-state index contributed by atoms with van der Waals surface area (Å²) in [6.07, 6.45) is 0. The minimum Gasteiger partial charge on any atom is -0.395 e. The number of nitrogens with two attached hydrogens (primary N) is 1. The van der Waals surface area contributed by atoms with Gasteiger partial charge in [-0.1, -0.05) is 38.1 Å². The maximum absolute atomic E-state index is 13.1. The molecule has 1 aliphatic heterocycles. The fourth-order valence-electron chi connectivity index (χ4n) is 4.72. The molecule has 1 aliphatic rings. The largest absolute Gasteiger partial charge is 0.395 e. The van der Waals surface area contributed by atoms with Crippen molar-refractivity contribution in [2.75, 3.05) is 54.2 Å². The first kappa shape index (κ1) is 28.9. The van der Waals surface area contributed by atoms with E-state index in [2.05, 4.69) is 30.5 Å². The summed E-state index contributed by atoms with van der Waals surface area (Å²) in [7, 11) is 0. The van der Waals surface area contributed by atoms with E-state index in [1.54, 1.807) is 30.3 Å². The third-order valence-corrected chi connectivity index (χ3v) is 7.30. The maximum Gasteiger partial charge on any atom is 0.255 e. The van der Waals surface area contributed by atoms with Crippen LogP contribution in [-0.4, -0.2) is 64.0 Å². The van der Waals surface area contributed by atoms with Crippen molar-refractivity contribution < 1.29 is 19.7 Å². The minimum atomic E-state index is -0.417. The van der Waals surface area contributed by atoms with E-state index >= 15 is 0 Å². The number of nitrogens with zero attached hydrogens (tertiary/aromatic N) is 4. The zero-order valence-corrected chi connectivity index (χ0v) is 23.7. The summed E-state index contributed by atoms with van der Waals surface area (Å²) in [5.74, 6) is 0.177. The van der Waals surface area contributed by atoms with Crippen molar-refractivity contribution in [3.05, 3.63) is 83.4 Å². The number of nitrogens with one attached hydrogen (secondary N) is 2. The summed E-state index contributed by atoms with van der Waals surface area (Å²) in [6, 6.07) is 20.2. The highest BCUT2D eigenvalue weighted by molar-refractivity contribution is 6.05. The molecule has 0 unspecified atom stereocenters. The Balaban J connectivity index is 1.35. The fourth-order valence-corrected chi connectivity index (χ4v) is 4.72. The molecule has 11 heteroatoms. The standard InChI is InChI=1S/C31H35N7O4/c1-31(2,19-40)21-8-6-20(7-9-21)28(41)34-26-5-3-4-24(25(26)18-39)27-35-29(32)37-30(36-27)33-22-10-12-23(13-11-22)38-14-16-42-17-15-38/h3-13,39-40H,14-19H2,1-2H3,(H,34,41)(H3,32,33,35,36,37). The smallest absolute Gasteiger partial charge is 0.255 e. The summed E-state index contributed by atoms with van der Waals surface area (Å²) in [5.41, 5.74) is 10.2. The van der Waals surface area contributed by atoms with Crippen LogP contribution in [-0.2, 0) is 16.8 Å². The van der Waals surface area contributed by atoms with Crippen LogP contribution in [0.2, 0.25) is 0 Å². The maximum atomic E-state index is 13.1. The summed E-state index contributed by atoms with van der Waals surface area (Å²) in [5, 5.41) is 26.0. The molecule has 1 saturated heterocycles. The van der Waals surface area contributed by atoms with Crippen LogP contribution in [0, 0.1) is 0 Å². The third-order valence-electron chi connectivity index (χ3n) is 7.30. The van der Waals surface area contributed by atoms with E-state index in [9.17, 15) is 15.0 Å². The van der Waals surface area contributed by atoms with Crippen LogP contribution < -0.4 is 21.3 Å². The molecule has 0 atom stereocenters. The number of aromatic nitrogens is 3. The third kappa shape index (κ3) is 6.49. The average Bonchev–Trinajstić information content (AvgIpc) is 3.01. The van der Waals surface area contributed by atoms with Crippen LogP contribution in [0.4, 0.5) is 29.0 Å². The van der Waals surface area contributed by atoms with Crippen molar-refractivity contribution in [3.8, 4) is 11.4 Å². The number of carbonyl (C=O) groups excluding carboxylic acids is 1. The molecule has 0 radical (unpaired) electrons. The van der Waals surface area contributed by atoms with E-state index < -0.39 is 5.41 Å². The second kappa shape index (κ2) is 12.5. The van der Waals surface area contributed by atoms with Gasteiger partial charge in [-0.05, 0) is 48.0 Å². The van der Waals surface area contributed by atoms with E-state index in [0.29, 0.717) is 35.6 Å². The molecule has 0 spiro atoms. The van der Waals surface area contributed by atoms with Gasteiger partial charge in [0.25, 0.3) is 5.91 Å². The molecule has 0 bridgehead atoms. The molecule has 218 valence electrons. The lowest BCUT2D eigenvalue weighted by Crippen LogP contribution is -2.36. The Morgan fingerprint density at radius 3 is 2.36 bits per heavy atom. The van der Waals surface area contributed by atoms with Crippen LogP contribution in [0.5, 0.6) is 0 Å². The van der Waals surface area contributed by atoms with E-state index in [0.717, 1.165) is 30.0 Å². The highest BCUT2D eigenvalue weighted by atomic mass is 16.5. The lowest BCUT2D eigenvalue weighted by molar-refractivity contribution is 0.102. The van der Waals surface area contributed by atoms with Crippen LogP contribution in [0.1, 0.15) is 35.3 Å². The molecule has 1 fully saturated rings. The van der Waals surface area contributed by atoms with E-state index in [1.165, 1.54) is 0 Å². The van der Waals surface area contributed by atoms with Gasteiger partial charge in [0, 0.05) is 52.3 Å². The Bertz CT molecular complexity index is 1540. The van der Waals surface area contributed by atoms with E-state index in [1.807, 2.05) is 50.2 Å². The van der Waals surface area contributed by atoms with Crippen LogP contribution in [0.3, 0.4) is 0 Å². The highest BCUT2D eigenvalue weighted by Gasteiger charge is 2.20. The molecule has 6 N–H and O–H groups in total. The minimum absolute atomic E-state index is 0.00870. The molecule has 0 aliphatic carbocycles. The van der Waals surface area contributed by atoms with Gasteiger partial charge in [-0.3, -0.25) is 4.79 Å². The number of ether oxygens (including phenoxy) is 1. The zero-order chi connectivity index (χ0) is 29.7. The summed E-state index contributed by atoms with van der Waals surface area (Å²) < 4.78 is 5.43. The van der Waals surface area contributed by atoms with Crippen molar-refractivity contribution in [1.82, 2.24) is 15.0 Å². The molecule has 2 heterocycles. The normalized spacial score (nSPS) is 13.6. The number of hydrogen-bond acceptors (Lipinski definition) is 10. The molecule has 1 aromatic heterocycles. The summed E-state index contributed by atoms with van der Waals surface area (Å²) in [6.45, 7) is 6.61. The first-order chi connectivity index (χ1) is 20.3. The molecule has 42 heavy (non-hydrogen) atoms. The number of rotatable bonds is 9. The molecule has 0 saturated carbocycles. The van der Waals surface area contributed by atoms with Gasteiger partial charge in [-0.25, -0.2) is 0 Å². The quantitative estimate of drug-likeness (QED) is 0.201. The fraction of sp³-hybridized carbons (Fsp3) is 0.290. The number of amides is 1. The van der Waals surface area contributed by atoms with Crippen molar-refractivity contribution >= 4 is 34.9 Å². The Morgan fingerprint density at radius 1 is 0.976 bits per heavy atom. The Morgan fingerprint density at radius 2 is 1.69 bits per heavy atom. The second-order valence-electron chi connectivity index (χ2n) is 10.7. The number of nitrogen functional groups attached to an aromatic ring is 1. The van der Waals surface area contributed by atoms with Crippen LogP contribution >= 0.6 is 0 Å². The van der Waals surface area contributed by atoms with Gasteiger partial charge in [-0.2, -0.15) is 15.0 Å². The van der Waals surface area contributed by atoms with Crippen molar-refractivity contribution in [3.63, 3.8) is 0 Å². The molecular formula is C31H35N7O4. The predicted molar refractivity (Wildman–Crippen MR) is 163 cm³/mol. The topological polar surface area (TPSA) is 159 Å². The highest BCUT2D eigenvalue weighted by Crippen LogP contribution is 2.30. The van der Waals surface area contributed by atoms with E-state index in [4.69, 9.17) is 10.5 Å². The summed E-state index contributed by atoms with van der Waals surface area (Å²) in [4.78, 5) is 28.4. The van der Waals surface area contributed by atoms with Gasteiger partial charge in [0.15, 0.2) is 5.82 Å². The zero-order valence-electron chi connectivity index (χ0n) is 23.7. The number of morpholine rings is 1. The first-order valence-electron chi connectivity index (χ1n) is 13.7.